The van der Waals surface area contributed by atoms with Crippen molar-refractivity contribution >= 4 is 5.82 Å². The van der Waals surface area contributed by atoms with E-state index in [1.54, 1.807) is 0 Å². The van der Waals surface area contributed by atoms with E-state index in [1.807, 2.05) is 4.90 Å². The van der Waals surface area contributed by atoms with Gasteiger partial charge in [0.1, 0.15) is 5.82 Å². The molecule has 22 heavy (non-hydrogen) atoms. The summed E-state index contributed by atoms with van der Waals surface area (Å²) in [5.74, 6) is 0.522. The lowest BCUT2D eigenvalue weighted by atomic mass is 9.89. The molecular formula is C15H19F3N2O2. The molecule has 2 saturated heterocycles. The van der Waals surface area contributed by atoms with Crippen LogP contribution in [0.1, 0.15) is 24.8 Å². The molecule has 0 aromatic carbocycles. The van der Waals surface area contributed by atoms with Crippen molar-refractivity contribution in [3.8, 4) is 0 Å². The predicted molar refractivity (Wildman–Crippen MR) is 74.5 cm³/mol. The van der Waals surface area contributed by atoms with E-state index in [1.165, 1.54) is 6.07 Å². The van der Waals surface area contributed by atoms with Crippen molar-refractivity contribution in [3.05, 3.63) is 23.9 Å². The Balaban J connectivity index is 1.78. The largest absolute Gasteiger partial charge is 0.417 e. The molecule has 0 unspecified atom stereocenters. The van der Waals surface area contributed by atoms with Gasteiger partial charge < -0.3 is 14.7 Å². The van der Waals surface area contributed by atoms with Gasteiger partial charge in [-0.3, -0.25) is 0 Å². The third-order valence-electron chi connectivity index (χ3n) is 4.53. The summed E-state index contributed by atoms with van der Waals surface area (Å²) in [6.07, 6.45) is -1.48. The van der Waals surface area contributed by atoms with Gasteiger partial charge >= 0.3 is 6.18 Å². The molecule has 4 nitrogen and oxygen atoms in total. The molecule has 0 spiro atoms. The first kappa shape index (κ1) is 15.6. The van der Waals surface area contributed by atoms with E-state index in [0.29, 0.717) is 25.5 Å². The van der Waals surface area contributed by atoms with E-state index in [2.05, 4.69) is 4.98 Å². The summed E-state index contributed by atoms with van der Waals surface area (Å²) >= 11 is 0. The Labute approximate surface area is 126 Å². The second kappa shape index (κ2) is 6.04. The molecule has 7 heteroatoms. The average molecular weight is 316 g/mol. The van der Waals surface area contributed by atoms with Crippen LogP contribution in [-0.2, 0) is 10.9 Å². The highest BCUT2D eigenvalue weighted by Crippen LogP contribution is 2.34. The van der Waals surface area contributed by atoms with Gasteiger partial charge in [-0.25, -0.2) is 4.98 Å². The number of aliphatic hydroxyl groups is 1. The first-order valence-electron chi connectivity index (χ1n) is 7.52. The molecule has 1 N–H and O–H groups in total. The summed E-state index contributed by atoms with van der Waals surface area (Å²) < 4.78 is 43.3. The second-order valence-electron chi connectivity index (χ2n) is 5.90. The maximum atomic E-state index is 12.6. The van der Waals surface area contributed by atoms with Crippen LogP contribution in [0.3, 0.4) is 0 Å². The molecule has 1 aromatic heterocycles. The van der Waals surface area contributed by atoms with Gasteiger partial charge in [0.25, 0.3) is 0 Å². The van der Waals surface area contributed by atoms with Crippen LogP contribution in [0.25, 0.3) is 0 Å². The predicted octanol–water partition coefficient (Wildman–Crippen LogP) is 2.47. The Kier molecular flexibility index (Phi) is 4.27. The maximum absolute atomic E-state index is 12.6. The van der Waals surface area contributed by atoms with E-state index in [-0.39, 0.29) is 12.0 Å². The Morgan fingerprint density at radius 3 is 2.73 bits per heavy atom. The molecule has 2 aliphatic rings. The number of halogens is 3. The smallest absolute Gasteiger partial charge is 0.393 e. The van der Waals surface area contributed by atoms with Crippen molar-refractivity contribution in [2.75, 3.05) is 24.7 Å². The highest BCUT2D eigenvalue weighted by atomic mass is 19.4. The molecule has 0 amide bonds. The molecule has 1 aromatic rings. The number of pyridine rings is 1. The zero-order chi connectivity index (χ0) is 15.7. The van der Waals surface area contributed by atoms with Gasteiger partial charge in [0.15, 0.2) is 0 Å². The van der Waals surface area contributed by atoms with E-state index in [9.17, 15) is 18.3 Å². The summed E-state index contributed by atoms with van der Waals surface area (Å²) in [7, 11) is 0. The van der Waals surface area contributed by atoms with Gasteiger partial charge in [-0.15, -0.1) is 0 Å². The average Bonchev–Trinajstić information content (AvgIpc) is 2.96. The first-order chi connectivity index (χ1) is 10.5. The van der Waals surface area contributed by atoms with Gasteiger partial charge in [-0.05, 0) is 31.4 Å². The molecular weight excluding hydrogens is 297 g/mol. The third-order valence-corrected chi connectivity index (χ3v) is 4.53. The normalized spacial score (nSPS) is 29.8. The molecule has 2 aliphatic heterocycles. The summed E-state index contributed by atoms with van der Waals surface area (Å²) in [4.78, 5) is 5.98. The summed E-state index contributed by atoms with van der Waals surface area (Å²) in [6.45, 7) is 1.79. The number of anilines is 1. The SMILES string of the molecule is O[C@@H]1CCOC[C@H]1[C@@H]1CCCN1c1ccc(C(F)(F)F)cn1. The topological polar surface area (TPSA) is 45.6 Å². The van der Waals surface area contributed by atoms with Crippen LogP contribution in [-0.4, -0.2) is 42.0 Å². The van der Waals surface area contributed by atoms with E-state index >= 15 is 0 Å². The monoisotopic (exact) mass is 316 g/mol. The molecule has 3 atom stereocenters. The zero-order valence-electron chi connectivity index (χ0n) is 12.1. The fourth-order valence-electron chi connectivity index (χ4n) is 3.36. The van der Waals surface area contributed by atoms with Crippen LogP contribution in [0.2, 0.25) is 0 Å². The van der Waals surface area contributed by atoms with Crippen molar-refractivity contribution in [3.63, 3.8) is 0 Å². The second-order valence-corrected chi connectivity index (χ2v) is 5.90. The summed E-state index contributed by atoms with van der Waals surface area (Å²) in [6, 6.07) is 2.54. The van der Waals surface area contributed by atoms with Crippen LogP contribution in [0, 0.1) is 5.92 Å². The molecule has 3 rings (SSSR count). The van der Waals surface area contributed by atoms with Gasteiger partial charge in [-0.1, -0.05) is 0 Å². The summed E-state index contributed by atoms with van der Waals surface area (Å²) in [5.41, 5.74) is -0.743. The number of rotatable bonds is 2. The Hall–Kier alpha value is -1.34. The summed E-state index contributed by atoms with van der Waals surface area (Å²) in [5, 5.41) is 10.2. The Morgan fingerprint density at radius 1 is 1.27 bits per heavy atom. The minimum Gasteiger partial charge on any atom is -0.393 e. The van der Waals surface area contributed by atoms with Crippen molar-refractivity contribution in [2.24, 2.45) is 5.92 Å². The lowest BCUT2D eigenvalue weighted by Gasteiger charge is -2.37. The van der Waals surface area contributed by atoms with Gasteiger partial charge in [0, 0.05) is 31.3 Å². The van der Waals surface area contributed by atoms with E-state index in [0.717, 1.165) is 31.6 Å². The standard InChI is InChI=1S/C15H19F3N2O2/c16-15(17,18)10-3-4-14(19-8-10)20-6-1-2-12(20)11-9-22-7-5-13(11)21/h3-4,8,11-13,21H,1-2,5-7,9H2/t11-,12-,13+/m0/s1. The van der Waals surface area contributed by atoms with E-state index < -0.39 is 17.8 Å². The van der Waals surface area contributed by atoms with E-state index in [4.69, 9.17) is 4.74 Å². The number of hydrogen-bond acceptors (Lipinski definition) is 4. The maximum Gasteiger partial charge on any atom is 0.417 e. The molecule has 122 valence electrons. The molecule has 3 heterocycles. The number of aromatic nitrogens is 1. The number of aliphatic hydroxyl groups excluding tert-OH is 1. The minimum absolute atomic E-state index is 0.0136. The quantitative estimate of drug-likeness (QED) is 0.910. The van der Waals surface area contributed by atoms with Crippen molar-refractivity contribution in [2.45, 2.75) is 37.6 Å². The minimum atomic E-state index is -4.37. The highest BCUT2D eigenvalue weighted by Gasteiger charge is 2.38. The van der Waals surface area contributed by atoms with Crippen LogP contribution < -0.4 is 4.90 Å². The van der Waals surface area contributed by atoms with Gasteiger partial charge in [-0.2, -0.15) is 13.2 Å². The van der Waals surface area contributed by atoms with Crippen LogP contribution in [0.5, 0.6) is 0 Å². The Morgan fingerprint density at radius 2 is 2.09 bits per heavy atom. The molecule has 0 bridgehead atoms. The number of alkyl halides is 3. The van der Waals surface area contributed by atoms with Gasteiger partial charge in [0.2, 0.25) is 0 Å². The van der Waals surface area contributed by atoms with Crippen LogP contribution in [0.15, 0.2) is 18.3 Å². The van der Waals surface area contributed by atoms with Crippen LogP contribution >= 0.6 is 0 Å². The number of ether oxygens (including phenoxy) is 1. The fourth-order valence-corrected chi connectivity index (χ4v) is 3.36. The molecule has 0 aliphatic carbocycles. The zero-order valence-corrected chi connectivity index (χ0v) is 12.1. The van der Waals surface area contributed by atoms with Crippen molar-refractivity contribution in [1.29, 1.82) is 0 Å². The Bertz CT molecular complexity index is 507. The number of nitrogens with zero attached hydrogens (tertiary/aromatic N) is 2. The van der Waals surface area contributed by atoms with Crippen molar-refractivity contribution in [1.82, 2.24) is 4.98 Å². The highest BCUT2D eigenvalue weighted by molar-refractivity contribution is 5.42. The molecule has 0 radical (unpaired) electrons. The van der Waals surface area contributed by atoms with Crippen LogP contribution in [0.4, 0.5) is 19.0 Å². The lowest BCUT2D eigenvalue weighted by Crippen LogP contribution is -2.46. The third kappa shape index (κ3) is 3.05. The van der Waals surface area contributed by atoms with Crippen molar-refractivity contribution < 1.29 is 23.0 Å². The fraction of sp³-hybridized carbons (Fsp3) is 0.667. The number of hydrogen-bond donors (Lipinski definition) is 1. The lowest BCUT2D eigenvalue weighted by molar-refractivity contribution is -0.137. The molecule has 0 saturated carbocycles. The first-order valence-corrected chi connectivity index (χ1v) is 7.52. The van der Waals surface area contributed by atoms with Gasteiger partial charge in [0.05, 0.1) is 18.3 Å². The molecule has 2 fully saturated rings.